The minimum absolute atomic E-state index is 0.346. The smallest absolute Gasteiger partial charge is 0.0809 e. The zero-order chi connectivity index (χ0) is 12.3. The number of hydrogen-bond acceptors (Lipinski definition) is 3. The molecule has 1 aliphatic carbocycles. The Morgan fingerprint density at radius 3 is 2.76 bits per heavy atom. The minimum Gasteiger partial charge on any atom is -0.376 e. The van der Waals surface area contributed by atoms with Crippen LogP contribution in [0.4, 0.5) is 0 Å². The summed E-state index contributed by atoms with van der Waals surface area (Å²) in [6.45, 7) is 6.36. The third-order valence-corrected chi connectivity index (χ3v) is 4.26. The molecule has 0 aromatic carbocycles. The molecular formula is C14H27NO2. The fraction of sp³-hybridized carbons (Fsp3) is 1.00. The van der Waals surface area contributed by atoms with E-state index < -0.39 is 0 Å². The quantitative estimate of drug-likeness (QED) is 0.818. The average Bonchev–Trinajstić information content (AvgIpc) is 2.79. The van der Waals surface area contributed by atoms with Crippen molar-refractivity contribution in [3.05, 3.63) is 0 Å². The summed E-state index contributed by atoms with van der Waals surface area (Å²) >= 11 is 0. The van der Waals surface area contributed by atoms with Gasteiger partial charge in [-0.25, -0.2) is 0 Å². The molecule has 0 radical (unpaired) electrons. The zero-order valence-electron chi connectivity index (χ0n) is 11.4. The van der Waals surface area contributed by atoms with E-state index in [1.54, 1.807) is 0 Å². The summed E-state index contributed by atoms with van der Waals surface area (Å²) < 4.78 is 11.8. The lowest BCUT2D eigenvalue weighted by Crippen LogP contribution is -2.48. The Bertz CT molecular complexity index is 228. The van der Waals surface area contributed by atoms with Crippen molar-refractivity contribution in [2.24, 2.45) is 11.8 Å². The van der Waals surface area contributed by atoms with Crippen molar-refractivity contribution in [3.63, 3.8) is 0 Å². The van der Waals surface area contributed by atoms with Crippen molar-refractivity contribution in [3.8, 4) is 0 Å². The standard InChI is InChI=1S/C14H27NO2/c1-10-7-11(2)14(13(8-10)15-3)17-9-12-5-4-6-16-12/h10-15H,4-9H2,1-3H3. The van der Waals surface area contributed by atoms with Gasteiger partial charge in [-0.3, -0.25) is 0 Å². The Balaban J connectivity index is 1.83. The molecule has 2 fully saturated rings. The Kier molecular flexibility index (Phi) is 4.83. The molecule has 1 saturated carbocycles. The van der Waals surface area contributed by atoms with Crippen LogP contribution < -0.4 is 5.32 Å². The molecule has 0 amide bonds. The molecule has 3 nitrogen and oxygen atoms in total. The second-order valence-corrected chi connectivity index (χ2v) is 5.88. The molecule has 0 aromatic rings. The van der Waals surface area contributed by atoms with Gasteiger partial charge < -0.3 is 14.8 Å². The summed E-state index contributed by atoms with van der Waals surface area (Å²) in [5.74, 6) is 1.46. The molecule has 1 heterocycles. The molecule has 2 aliphatic rings. The molecule has 1 N–H and O–H groups in total. The highest BCUT2D eigenvalue weighted by molar-refractivity contribution is 4.88. The van der Waals surface area contributed by atoms with Gasteiger partial charge in [0.05, 0.1) is 18.8 Å². The van der Waals surface area contributed by atoms with Crippen LogP contribution in [0.3, 0.4) is 0 Å². The second-order valence-electron chi connectivity index (χ2n) is 5.88. The molecular weight excluding hydrogens is 214 g/mol. The van der Waals surface area contributed by atoms with Crippen molar-refractivity contribution in [1.82, 2.24) is 5.32 Å². The number of ether oxygens (including phenoxy) is 2. The first kappa shape index (κ1) is 13.3. The van der Waals surface area contributed by atoms with Crippen LogP contribution in [0.25, 0.3) is 0 Å². The summed E-state index contributed by atoms with van der Waals surface area (Å²) in [4.78, 5) is 0. The van der Waals surface area contributed by atoms with E-state index in [9.17, 15) is 0 Å². The molecule has 1 saturated heterocycles. The highest BCUT2D eigenvalue weighted by Gasteiger charge is 2.34. The van der Waals surface area contributed by atoms with E-state index >= 15 is 0 Å². The molecule has 1 aliphatic heterocycles. The maximum absolute atomic E-state index is 6.14. The summed E-state index contributed by atoms with van der Waals surface area (Å²) in [5.41, 5.74) is 0. The summed E-state index contributed by atoms with van der Waals surface area (Å²) in [7, 11) is 2.05. The second kappa shape index (κ2) is 6.17. The maximum atomic E-state index is 6.14. The van der Waals surface area contributed by atoms with Gasteiger partial charge in [-0.05, 0) is 44.6 Å². The number of rotatable bonds is 4. The Labute approximate surface area is 105 Å². The van der Waals surface area contributed by atoms with Crippen molar-refractivity contribution in [2.45, 2.75) is 57.8 Å². The van der Waals surface area contributed by atoms with E-state index in [-0.39, 0.29) is 0 Å². The fourth-order valence-corrected chi connectivity index (χ4v) is 3.39. The van der Waals surface area contributed by atoms with E-state index in [1.807, 2.05) is 0 Å². The van der Waals surface area contributed by atoms with Crippen LogP contribution in [-0.4, -0.2) is 38.5 Å². The maximum Gasteiger partial charge on any atom is 0.0809 e. The van der Waals surface area contributed by atoms with E-state index in [0.717, 1.165) is 19.1 Å². The largest absolute Gasteiger partial charge is 0.376 e. The van der Waals surface area contributed by atoms with Gasteiger partial charge in [0.25, 0.3) is 0 Å². The Morgan fingerprint density at radius 1 is 1.29 bits per heavy atom. The highest BCUT2D eigenvalue weighted by atomic mass is 16.5. The van der Waals surface area contributed by atoms with Gasteiger partial charge in [-0.2, -0.15) is 0 Å². The van der Waals surface area contributed by atoms with Crippen LogP contribution in [0.5, 0.6) is 0 Å². The molecule has 0 bridgehead atoms. The van der Waals surface area contributed by atoms with E-state index in [2.05, 4.69) is 26.2 Å². The lowest BCUT2D eigenvalue weighted by atomic mass is 9.78. The molecule has 17 heavy (non-hydrogen) atoms. The molecule has 0 aromatic heterocycles. The first-order valence-corrected chi connectivity index (χ1v) is 7.11. The van der Waals surface area contributed by atoms with Crippen LogP contribution >= 0.6 is 0 Å². The Hall–Kier alpha value is -0.120. The predicted octanol–water partition coefficient (Wildman–Crippen LogP) is 2.20. The number of nitrogens with one attached hydrogen (secondary N) is 1. The molecule has 0 spiro atoms. The van der Waals surface area contributed by atoms with Crippen LogP contribution in [0.1, 0.15) is 39.5 Å². The van der Waals surface area contributed by atoms with Gasteiger partial charge in [-0.1, -0.05) is 13.8 Å². The predicted molar refractivity (Wildman–Crippen MR) is 69.1 cm³/mol. The molecule has 5 unspecified atom stereocenters. The van der Waals surface area contributed by atoms with Gasteiger partial charge >= 0.3 is 0 Å². The normalized spacial score (nSPS) is 42.9. The summed E-state index contributed by atoms with van der Waals surface area (Å²) in [5, 5.41) is 3.42. The van der Waals surface area contributed by atoms with Crippen molar-refractivity contribution < 1.29 is 9.47 Å². The monoisotopic (exact) mass is 241 g/mol. The first-order chi connectivity index (χ1) is 8.20. The van der Waals surface area contributed by atoms with Crippen LogP contribution in [-0.2, 0) is 9.47 Å². The van der Waals surface area contributed by atoms with Gasteiger partial charge in [0.2, 0.25) is 0 Å². The Morgan fingerprint density at radius 2 is 2.12 bits per heavy atom. The molecule has 5 atom stereocenters. The van der Waals surface area contributed by atoms with Gasteiger partial charge in [0.1, 0.15) is 0 Å². The SMILES string of the molecule is CNC1CC(C)CC(C)C1OCC1CCCO1. The van der Waals surface area contributed by atoms with E-state index in [0.29, 0.717) is 24.2 Å². The van der Waals surface area contributed by atoms with Crippen molar-refractivity contribution in [1.29, 1.82) is 0 Å². The molecule has 100 valence electrons. The fourth-order valence-electron chi connectivity index (χ4n) is 3.39. The summed E-state index contributed by atoms with van der Waals surface area (Å²) in [6, 6.07) is 0.509. The molecule has 3 heteroatoms. The third kappa shape index (κ3) is 3.43. The van der Waals surface area contributed by atoms with Gasteiger partial charge in [0, 0.05) is 12.6 Å². The third-order valence-electron chi connectivity index (χ3n) is 4.26. The van der Waals surface area contributed by atoms with Crippen molar-refractivity contribution >= 4 is 0 Å². The van der Waals surface area contributed by atoms with E-state index in [1.165, 1.54) is 25.7 Å². The van der Waals surface area contributed by atoms with Gasteiger partial charge in [-0.15, -0.1) is 0 Å². The van der Waals surface area contributed by atoms with Gasteiger partial charge in [0.15, 0.2) is 0 Å². The highest BCUT2D eigenvalue weighted by Crippen LogP contribution is 2.31. The van der Waals surface area contributed by atoms with Crippen LogP contribution in [0, 0.1) is 11.8 Å². The van der Waals surface area contributed by atoms with Crippen LogP contribution in [0.2, 0.25) is 0 Å². The lowest BCUT2D eigenvalue weighted by Gasteiger charge is -2.39. The van der Waals surface area contributed by atoms with E-state index in [4.69, 9.17) is 9.47 Å². The first-order valence-electron chi connectivity index (χ1n) is 7.11. The molecule has 2 rings (SSSR count). The average molecular weight is 241 g/mol. The van der Waals surface area contributed by atoms with Crippen molar-refractivity contribution in [2.75, 3.05) is 20.3 Å². The number of hydrogen-bond donors (Lipinski definition) is 1. The minimum atomic E-state index is 0.346. The number of likely N-dealkylation sites (N-methyl/N-ethyl adjacent to an activating group) is 1. The van der Waals surface area contributed by atoms with Crippen LogP contribution in [0.15, 0.2) is 0 Å². The summed E-state index contributed by atoms with van der Waals surface area (Å²) in [6.07, 6.45) is 5.59. The zero-order valence-corrected chi connectivity index (χ0v) is 11.4. The lowest BCUT2D eigenvalue weighted by molar-refractivity contribution is -0.0717. The topological polar surface area (TPSA) is 30.5 Å².